The fourth-order valence-electron chi connectivity index (χ4n) is 1.55. The molecule has 0 aliphatic carbocycles. The predicted molar refractivity (Wildman–Crippen MR) is 59.9 cm³/mol. The summed E-state index contributed by atoms with van der Waals surface area (Å²) in [5.74, 6) is 0.202. The Morgan fingerprint density at radius 1 is 1.47 bits per heavy atom. The summed E-state index contributed by atoms with van der Waals surface area (Å²) in [5.41, 5.74) is 7.66. The van der Waals surface area contributed by atoms with Crippen molar-refractivity contribution in [1.82, 2.24) is 0 Å². The van der Waals surface area contributed by atoms with Crippen LogP contribution in [0.2, 0.25) is 0 Å². The van der Waals surface area contributed by atoms with Gasteiger partial charge in [-0.05, 0) is 30.2 Å². The summed E-state index contributed by atoms with van der Waals surface area (Å²) in [6, 6.07) is 3.19. The van der Waals surface area contributed by atoms with Crippen molar-refractivity contribution in [3.05, 3.63) is 28.8 Å². The summed E-state index contributed by atoms with van der Waals surface area (Å²) in [6.07, 6.45) is 0. The summed E-state index contributed by atoms with van der Waals surface area (Å²) < 4.78 is 0. The molecule has 1 rings (SSSR count). The molecule has 1 aromatic carbocycles. The second kappa shape index (κ2) is 4.45. The third-order valence-electron chi connectivity index (χ3n) is 2.56. The van der Waals surface area contributed by atoms with Crippen molar-refractivity contribution in [2.24, 2.45) is 11.7 Å². The summed E-state index contributed by atoms with van der Waals surface area (Å²) in [5, 5.41) is 9.51. The summed E-state index contributed by atoms with van der Waals surface area (Å²) >= 11 is 0. The molecule has 15 heavy (non-hydrogen) atoms. The highest BCUT2D eigenvalue weighted by molar-refractivity contribution is 5.99. The predicted octanol–water partition coefficient (Wildman–Crippen LogP) is 2.00. The number of ketones is 1. The molecule has 0 aromatic heterocycles. The van der Waals surface area contributed by atoms with Gasteiger partial charge in [0, 0.05) is 18.0 Å². The van der Waals surface area contributed by atoms with E-state index in [9.17, 15) is 9.90 Å². The number of aromatic hydroxyl groups is 1. The third kappa shape index (κ3) is 2.18. The van der Waals surface area contributed by atoms with Gasteiger partial charge in [-0.25, -0.2) is 0 Å². The fraction of sp³-hybridized carbons (Fsp3) is 0.417. The van der Waals surface area contributed by atoms with Crippen LogP contribution in [0, 0.1) is 12.8 Å². The first-order valence-corrected chi connectivity index (χ1v) is 5.04. The van der Waals surface area contributed by atoms with Gasteiger partial charge in [0.25, 0.3) is 0 Å². The lowest BCUT2D eigenvalue weighted by Crippen LogP contribution is -2.13. The maximum absolute atomic E-state index is 11.9. The van der Waals surface area contributed by atoms with E-state index in [0.29, 0.717) is 11.1 Å². The molecular formula is C12H17NO2. The van der Waals surface area contributed by atoms with Gasteiger partial charge in [-0.1, -0.05) is 13.8 Å². The van der Waals surface area contributed by atoms with E-state index in [4.69, 9.17) is 5.73 Å². The monoisotopic (exact) mass is 207 g/mol. The molecule has 0 aliphatic rings. The molecule has 0 amide bonds. The first-order chi connectivity index (χ1) is 6.99. The molecule has 0 bridgehead atoms. The van der Waals surface area contributed by atoms with Crippen molar-refractivity contribution in [2.45, 2.75) is 27.3 Å². The van der Waals surface area contributed by atoms with Crippen LogP contribution in [0.15, 0.2) is 12.1 Å². The van der Waals surface area contributed by atoms with E-state index >= 15 is 0 Å². The molecule has 0 spiro atoms. The molecule has 0 radical (unpaired) electrons. The second-order valence-electron chi connectivity index (χ2n) is 3.96. The minimum absolute atomic E-state index is 0.0563. The highest BCUT2D eigenvalue weighted by Gasteiger charge is 2.16. The van der Waals surface area contributed by atoms with E-state index in [-0.39, 0.29) is 24.0 Å². The third-order valence-corrected chi connectivity index (χ3v) is 2.56. The summed E-state index contributed by atoms with van der Waals surface area (Å²) in [4.78, 5) is 11.9. The SMILES string of the molecule is Cc1c(O)ccc(C(=O)C(C)C)c1CN. The van der Waals surface area contributed by atoms with E-state index < -0.39 is 0 Å². The van der Waals surface area contributed by atoms with Gasteiger partial charge in [0.05, 0.1) is 0 Å². The molecule has 82 valence electrons. The highest BCUT2D eigenvalue weighted by atomic mass is 16.3. The van der Waals surface area contributed by atoms with Crippen LogP contribution in [0.25, 0.3) is 0 Å². The number of Topliss-reactive ketones (excluding diaryl/α,β-unsaturated/α-hetero) is 1. The molecule has 0 saturated carbocycles. The van der Waals surface area contributed by atoms with Gasteiger partial charge in [-0.3, -0.25) is 4.79 Å². The Labute approximate surface area is 89.9 Å². The lowest BCUT2D eigenvalue weighted by molar-refractivity contribution is 0.0938. The zero-order valence-corrected chi connectivity index (χ0v) is 9.37. The number of benzene rings is 1. The van der Waals surface area contributed by atoms with Crippen LogP contribution < -0.4 is 5.73 Å². The van der Waals surface area contributed by atoms with Crippen LogP contribution in [0.4, 0.5) is 0 Å². The normalized spacial score (nSPS) is 10.7. The van der Waals surface area contributed by atoms with Crippen molar-refractivity contribution in [3.63, 3.8) is 0 Å². The van der Waals surface area contributed by atoms with Gasteiger partial charge in [-0.2, -0.15) is 0 Å². The Kier molecular flexibility index (Phi) is 3.48. The Morgan fingerprint density at radius 3 is 2.53 bits per heavy atom. The van der Waals surface area contributed by atoms with E-state index in [1.54, 1.807) is 19.1 Å². The molecule has 3 heteroatoms. The fourth-order valence-corrected chi connectivity index (χ4v) is 1.55. The largest absolute Gasteiger partial charge is 0.508 e. The van der Waals surface area contributed by atoms with Crippen molar-refractivity contribution in [1.29, 1.82) is 0 Å². The average molecular weight is 207 g/mol. The molecule has 3 nitrogen and oxygen atoms in total. The standard InChI is InChI=1S/C12H17NO2/c1-7(2)12(15)9-4-5-11(14)8(3)10(9)6-13/h4-5,7,14H,6,13H2,1-3H3. The number of hydrogen-bond acceptors (Lipinski definition) is 3. The van der Waals surface area contributed by atoms with Crippen LogP contribution in [-0.2, 0) is 6.54 Å². The first kappa shape index (κ1) is 11.7. The van der Waals surface area contributed by atoms with Gasteiger partial charge >= 0.3 is 0 Å². The minimum atomic E-state index is -0.0563. The topological polar surface area (TPSA) is 63.3 Å². The number of carbonyl (C=O) groups excluding carboxylic acids is 1. The van der Waals surface area contributed by atoms with Crippen LogP contribution in [0.1, 0.15) is 35.3 Å². The minimum Gasteiger partial charge on any atom is -0.508 e. The molecule has 0 unspecified atom stereocenters. The Bertz CT molecular complexity index is 383. The summed E-state index contributed by atoms with van der Waals surface area (Å²) in [6.45, 7) is 5.75. The van der Waals surface area contributed by atoms with Crippen LogP contribution in [0.3, 0.4) is 0 Å². The first-order valence-electron chi connectivity index (χ1n) is 5.04. The lowest BCUT2D eigenvalue weighted by atomic mass is 9.93. The molecule has 0 atom stereocenters. The van der Waals surface area contributed by atoms with Crippen LogP contribution in [-0.4, -0.2) is 10.9 Å². The smallest absolute Gasteiger partial charge is 0.165 e. The Morgan fingerprint density at radius 2 is 2.07 bits per heavy atom. The molecule has 0 fully saturated rings. The van der Waals surface area contributed by atoms with Gasteiger partial charge < -0.3 is 10.8 Å². The quantitative estimate of drug-likeness (QED) is 0.745. The van der Waals surface area contributed by atoms with Gasteiger partial charge in [-0.15, -0.1) is 0 Å². The zero-order valence-electron chi connectivity index (χ0n) is 9.37. The van der Waals surface area contributed by atoms with Crippen molar-refractivity contribution in [2.75, 3.05) is 0 Å². The Hall–Kier alpha value is -1.35. The van der Waals surface area contributed by atoms with Gasteiger partial charge in [0.2, 0.25) is 0 Å². The van der Waals surface area contributed by atoms with Gasteiger partial charge in [0.1, 0.15) is 5.75 Å². The average Bonchev–Trinajstić information content (AvgIpc) is 2.20. The second-order valence-corrected chi connectivity index (χ2v) is 3.96. The molecule has 0 saturated heterocycles. The highest BCUT2D eigenvalue weighted by Crippen LogP contribution is 2.25. The molecule has 0 aliphatic heterocycles. The number of carbonyl (C=O) groups is 1. The van der Waals surface area contributed by atoms with E-state index in [0.717, 1.165) is 5.56 Å². The number of rotatable bonds is 3. The summed E-state index contributed by atoms with van der Waals surface area (Å²) in [7, 11) is 0. The maximum atomic E-state index is 11.9. The number of nitrogens with two attached hydrogens (primary N) is 1. The van der Waals surface area contributed by atoms with E-state index in [1.807, 2.05) is 13.8 Å². The number of phenolic OH excluding ortho intramolecular Hbond substituents is 1. The maximum Gasteiger partial charge on any atom is 0.165 e. The van der Waals surface area contributed by atoms with E-state index in [1.165, 1.54) is 0 Å². The number of hydrogen-bond donors (Lipinski definition) is 2. The van der Waals surface area contributed by atoms with Crippen molar-refractivity contribution < 1.29 is 9.90 Å². The van der Waals surface area contributed by atoms with Crippen molar-refractivity contribution in [3.8, 4) is 5.75 Å². The van der Waals surface area contributed by atoms with Crippen molar-refractivity contribution >= 4 is 5.78 Å². The van der Waals surface area contributed by atoms with E-state index in [2.05, 4.69) is 0 Å². The zero-order chi connectivity index (χ0) is 11.6. The molecular weight excluding hydrogens is 190 g/mol. The molecule has 1 aromatic rings. The Balaban J connectivity index is 3.31. The number of phenols is 1. The lowest BCUT2D eigenvalue weighted by Gasteiger charge is -2.13. The molecule has 3 N–H and O–H groups in total. The van der Waals surface area contributed by atoms with Crippen LogP contribution >= 0.6 is 0 Å². The van der Waals surface area contributed by atoms with Crippen LogP contribution in [0.5, 0.6) is 5.75 Å². The van der Waals surface area contributed by atoms with Gasteiger partial charge in [0.15, 0.2) is 5.78 Å². The molecule has 0 heterocycles.